The quantitative estimate of drug-likeness (QED) is 0.770. The Morgan fingerprint density at radius 3 is 2.42 bits per heavy atom. The van der Waals surface area contributed by atoms with Gasteiger partial charge in [-0.25, -0.2) is 0 Å². The van der Waals surface area contributed by atoms with Gasteiger partial charge >= 0.3 is 5.97 Å². The normalized spacial score (nSPS) is 12.8. The number of hydrogen-bond donors (Lipinski definition) is 3. The molecule has 0 saturated carbocycles. The van der Waals surface area contributed by atoms with Crippen LogP contribution in [0.5, 0.6) is 0 Å². The zero-order valence-corrected chi connectivity index (χ0v) is 11.4. The number of anilines is 1. The molecule has 0 saturated heterocycles. The van der Waals surface area contributed by atoms with Gasteiger partial charge in [0.15, 0.2) is 0 Å². The van der Waals surface area contributed by atoms with E-state index >= 15 is 0 Å². The number of carboxylic acid groups (broad SMARTS) is 1. The number of amides is 1. The number of aliphatic carboxylic acids is 1. The van der Waals surface area contributed by atoms with Crippen LogP contribution in [0.25, 0.3) is 0 Å². The molecule has 5 heteroatoms. The minimum atomic E-state index is -0.943. The second-order valence-corrected chi connectivity index (χ2v) is 5.56. The fourth-order valence-electron chi connectivity index (χ4n) is 1.56. The average Bonchev–Trinajstić information content (AvgIpc) is 2.28. The van der Waals surface area contributed by atoms with Crippen LogP contribution in [0.4, 0.5) is 5.69 Å². The van der Waals surface area contributed by atoms with E-state index in [0.717, 1.165) is 0 Å². The fraction of sp³-hybridized carbons (Fsp3) is 0.429. The van der Waals surface area contributed by atoms with Gasteiger partial charge in [0.05, 0.1) is 12.5 Å². The summed E-state index contributed by atoms with van der Waals surface area (Å²) in [5.74, 6) is -1.26. The van der Waals surface area contributed by atoms with Crippen molar-refractivity contribution < 1.29 is 14.7 Å². The molecule has 1 unspecified atom stereocenters. The number of nitrogens with one attached hydrogen (secondary N) is 1. The summed E-state index contributed by atoms with van der Waals surface area (Å²) in [5.41, 5.74) is 6.56. The molecule has 19 heavy (non-hydrogen) atoms. The number of benzene rings is 1. The van der Waals surface area contributed by atoms with Gasteiger partial charge in [0.25, 0.3) is 0 Å². The predicted molar refractivity (Wildman–Crippen MR) is 73.8 cm³/mol. The molecule has 104 valence electrons. The molecular formula is C14H20N2O3. The lowest BCUT2D eigenvalue weighted by molar-refractivity contribution is -0.136. The summed E-state index contributed by atoms with van der Waals surface area (Å²) in [6.45, 7) is 5.63. The van der Waals surface area contributed by atoms with Crippen molar-refractivity contribution in [1.82, 2.24) is 0 Å². The van der Waals surface area contributed by atoms with Gasteiger partial charge in [0.2, 0.25) is 5.91 Å². The van der Waals surface area contributed by atoms with Crippen molar-refractivity contribution >= 4 is 17.6 Å². The van der Waals surface area contributed by atoms with Crippen LogP contribution < -0.4 is 11.1 Å². The van der Waals surface area contributed by atoms with Crippen molar-refractivity contribution in [1.29, 1.82) is 0 Å². The Morgan fingerprint density at radius 2 is 1.89 bits per heavy atom. The summed E-state index contributed by atoms with van der Waals surface area (Å²) in [5, 5.41) is 11.5. The zero-order valence-electron chi connectivity index (χ0n) is 11.4. The van der Waals surface area contributed by atoms with E-state index in [0.29, 0.717) is 11.3 Å². The van der Waals surface area contributed by atoms with E-state index in [2.05, 4.69) is 5.32 Å². The van der Waals surface area contributed by atoms with Crippen LogP contribution in [0.2, 0.25) is 0 Å². The second kappa shape index (κ2) is 5.84. The van der Waals surface area contributed by atoms with Gasteiger partial charge in [0, 0.05) is 5.69 Å². The molecule has 1 aromatic rings. The van der Waals surface area contributed by atoms with Crippen molar-refractivity contribution in [3.05, 3.63) is 29.8 Å². The lowest BCUT2D eigenvalue weighted by atomic mass is 9.87. The maximum absolute atomic E-state index is 12.0. The Hall–Kier alpha value is -1.88. The smallest absolute Gasteiger partial charge is 0.307 e. The van der Waals surface area contributed by atoms with Gasteiger partial charge in [-0.05, 0) is 17.0 Å². The summed E-state index contributed by atoms with van der Waals surface area (Å²) in [7, 11) is 0. The molecule has 0 heterocycles. The van der Waals surface area contributed by atoms with Gasteiger partial charge < -0.3 is 16.2 Å². The summed E-state index contributed by atoms with van der Waals surface area (Å²) in [4.78, 5) is 22.8. The van der Waals surface area contributed by atoms with E-state index in [1.807, 2.05) is 20.8 Å². The topological polar surface area (TPSA) is 92.4 Å². The number of para-hydroxylation sites is 1. The molecule has 1 atom stereocenters. The van der Waals surface area contributed by atoms with E-state index in [9.17, 15) is 9.59 Å². The highest BCUT2D eigenvalue weighted by Crippen LogP contribution is 2.21. The van der Waals surface area contributed by atoms with E-state index in [-0.39, 0.29) is 17.7 Å². The Kier molecular flexibility index (Phi) is 4.67. The summed E-state index contributed by atoms with van der Waals surface area (Å²) in [6.07, 6.45) is -0.138. The van der Waals surface area contributed by atoms with E-state index in [4.69, 9.17) is 10.8 Å². The van der Waals surface area contributed by atoms with Gasteiger partial charge in [0.1, 0.15) is 0 Å². The Labute approximate surface area is 112 Å². The number of nitrogens with two attached hydrogens (primary N) is 1. The molecule has 0 fully saturated rings. The van der Waals surface area contributed by atoms with Crippen molar-refractivity contribution in [3.8, 4) is 0 Å². The van der Waals surface area contributed by atoms with E-state index in [1.54, 1.807) is 24.3 Å². The van der Waals surface area contributed by atoms with Crippen LogP contribution in [0.15, 0.2) is 24.3 Å². The first-order valence-electron chi connectivity index (χ1n) is 6.08. The van der Waals surface area contributed by atoms with Crippen molar-refractivity contribution in [3.63, 3.8) is 0 Å². The summed E-state index contributed by atoms with van der Waals surface area (Å²) < 4.78 is 0. The number of carbonyl (C=O) groups excluding carboxylic acids is 1. The van der Waals surface area contributed by atoms with Crippen LogP contribution >= 0.6 is 0 Å². The standard InChI is InChI=1S/C14H20N2O3/c1-14(2,3)12(15)13(19)16-10-7-5-4-6-9(10)8-11(17)18/h4-7,12H,8,15H2,1-3H3,(H,16,19)(H,17,18). The highest BCUT2D eigenvalue weighted by Gasteiger charge is 2.27. The predicted octanol–water partition coefficient (Wildman–Crippen LogP) is 1.63. The number of carboxylic acids is 1. The highest BCUT2D eigenvalue weighted by atomic mass is 16.4. The maximum atomic E-state index is 12.0. The largest absolute Gasteiger partial charge is 0.481 e. The minimum Gasteiger partial charge on any atom is -0.481 e. The fourth-order valence-corrected chi connectivity index (χ4v) is 1.56. The van der Waals surface area contributed by atoms with Crippen LogP contribution in [0.3, 0.4) is 0 Å². The lowest BCUT2D eigenvalue weighted by Gasteiger charge is -2.26. The molecule has 0 radical (unpaired) electrons. The molecule has 0 bridgehead atoms. The lowest BCUT2D eigenvalue weighted by Crippen LogP contribution is -2.45. The monoisotopic (exact) mass is 264 g/mol. The van der Waals surface area contributed by atoms with Crippen LogP contribution in [-0.4, -0.2) is 23.0 Å². The highest BCUT2D eigenvalue weighted by molar-refractivity contribution is 5.96. The number of carbonyl (C=O) groups is 2. The van der Waals surface area contributed by atoms with E-state index in [1.165, 1.54) is 0 Å². The van der Waals surface area contributed by atoms with Gasteiger partial charge in [-0.3, -0.25) is 9.59 Å². The molecule has 0 aliphatic carbocycles. The molecule has 0 aromatic heterocycles. The molecular weight excluding hydrogens is 244 g/mol. The van der Waals surface area contributed by atoms with Gasteiger partial charge in [-0.1, -0.05) is 39.0 Å². The Bertz CT molecular complexity index is 478. The Morgan fingerprint density at radius 1 is 1.32 bits per heavy atom. The first kappa shape index (κ1) is 15.2. The third kappa shape index (κ3) is 4.37. The molecule has 1 rings (SSSR count). The Balaban J connectivity index is 2.88. The molecule has 4 N–H and O–H groups in total. The number of hydrogen-bond acceptors (Lipinski definition) is 3. The summed E-state index contributed by atoms with van der Waals surface area (Å²) >= 11 is 0. The second-order valence-electron chi connectivity index (χ2n) is 5.56. The van der Waals surface area contributed by atoms with Crippen molar-refractivity contribution in [2.75, 3.05) is 5.32 Å². The van der Waals surface area contributed by atoms with Gasteiger partial charge in [-0.15, -0.1) is 0 Å². The first-order chi connectivity index (χ1) is 8.71. The molecule has 1 aromatic carbocycles. The van der Waals surface area contributed by atoms with Crippen LogP contribution in [0, 0.1) is 5.41 Å². The van der Waals surface area contributed by atoms with Crippen LogP contribution in [0.1, 0.15) is 26.3 Å². The third-order valence-electron chi connectivity index (χ3n) is 2.83. The molecule has 1 amide bonds. The molecule has 5 nitrogen and oxygen atoms in total. The van der Waals surface area contributed by atoms with Crippen LogP contribution in [-0.2, 0) is 16.0 Å². The number of rotatable bonds is 4. The zero-order chi connectivity index (χ0) is 14.6. The van der Waals surface area contributed by atoms with Crippen molar-refractivity contribution in [2.24, 2.45) is 11.1 Å². The molecule has 0 aliphatic rings. The SMILES string of the molecule is CC(C)(C)C(N)C(=O)Nc1ccccc1CC(=O)O. The summed E-state index contributed by atoms with van der Waals surface area (Å²) in [6, 6.07) is 6.16. The minimum absolute atomic E-state index is 0.138. The third-order valence-corrected chi connectivity index (χ3v) is 2.83. The van der Waals surface area contributed by atoms with Crippen molar-refractivity contribution in [2.45, 2.75) is 33.2 Å². The molecule has 0 aliphatic heterocycles. The average molecular weight is 264 g/mol. The van der Waals surface area contributed by atoms with Gasteiger partial charge in [-0.2, -0.15) is 0 Å². The molecule has 0 spiro atoms. The first-order valence-corrected chi connectivity index (χ1v) is 6.08. The maximum Gasteiger partial charge on any atom is 0.307 e. The van der Waals surface area contributed by atoms with E-state index < -0.39 is 12.0 Å².